The molecule has 7 heteroatoms. The second-order valence-corrected chi connectivity index (χ2v) is 8.12. The Morgan fingerprint density at radius 3 is 2.71 bits per heavy atom. The van der Waals surface area contributed by atoms with Crippen LogP contribution in [0.25, 0.3) is 6.08 Å². The second kappa shape index (κ2) is 9.03. The van der Waals surface area contributed by atoms with Gasteiger partial charge in [-0.15, -0.1) is 0 Å². The van der Waals surface area contributed by atoms with E-state index in [0.717, 1.165) is 11.1 Å². The van der Waals surface area contributed by atoms with Crippen molar-refractivity contribution < 1.29 is 14.7 Å². The fourth-order valence-corrected chi connectivity index (χ4v) is 4.02. The molecule has 1 fully saturated rings. The number of carbonyl (C=O) groups is 2. The Labute approximate surface area is 173 Å². The van der Waals surface area contributed by atoms with Crippen molar-refractivity contribution in [2.45, 2.75) is 19.8 Å². The van der Waals surface area contributed by atoms with Crippen molar-refractivity contribution in [1.82, 2.24) is 4.90 Å². The molecule has 3 rings (SSSR count). The minimum atomic E-state index is -0.175. The van der Waals surface area contributed by atoms with Gasteiger partial charge in [0.2, 0.25) is 5.91 Å². The number of nitrogens with one attached hydrogen (secondary N) is 1. The number of amides is 2. The third kappa shape index (κ3) is 5.21. The highest BCUT2D eigenvalue weighted by Crippen LogP contribution is 2.32. The van der Waals surface area contributed by atoms with E-state index in [0.29, 0.717) is 27.9 Å². The standard InChI is InChI=1S/C21H20N2O3S2/c1-14-7-9-15(10-8-14)12-18-20(26)23(21(27)28-18)11-3-6-19(25)22-16-4-2-5-17(24)13-16/h2,4-5,7-10,12-13,24H,3,6,11H2,1H3,(H,22,25)/b18-12-. The Bertz CT molecular complexity index is 939. The lowest BCUT2D eigenvalue weighted by atomic mass is 10.1. The molecule has 2 amide bonds. The van der Waals surface area contributed by atoms with E-state index in [-0.39, 0.29) is 24.0 Å². The third-order valence-corrected chi connectivity index (χ3v) is 5.54. The molecule has 2 aromatic rings. The van der Waals surface area contributed by atoms with Crippen molar-refractivity contribution >= 4 is 51.9 Å². The summed E-state index contributed by atoms with van der Waals surface area (Å²) in [6, 6.07) is 14.3. The van der Waals surface area contributed by atoms with E-state index in [9.17, 15) is 14.7 Å². The lowest BCUT2D eigenvalue weighted by Gasteiger charge is -2.14. The van der Waals surface area contributed by atoms with Gasteiger partial charge in [0.1, 0.15) is 10.1 Å². The summed E-state index contributed by atoms with van der Waals surface area (Å²) >= 11 is 6.61. The van der Waals surface area contributed by atoms with E-state index in [1.54, 1.807) is 17.0 Å². The zero-order chi connectivity index (χ0) is 20.1. The average Bonchev–Trinajstić information content (AvgIpc) is 2.91. The molecule has 0 unspecified atom stereocenters. The first-order valence-electron chi connectivity index (χ1n) is 8.83. The largest absolute Gasteiger partial charge is 0.508 e. The van der Waals surface area contributed by atoms with Gasteiger partial charge < -0.3 is 10.4 Å². The van der Waals surface area contributed by atoms with Crippen LogP contribution in [0.2, 0.25) is 0 Å². The Morgan fingerprint density at radius 1 is 1.25 bits per heavy atom. The number of hydrogen-bond acceptors (Lipinski definition) is 5. The quantitative estimate of drug-likeness (QED) is 0.546. The van der Waals surface area contributed by atoms with Crippen molar-refractivity contribution in [3.63, 3.8) is 0 Å². The number of hydrogen-bond donors (Lipinski definition) is 2. The molecule has 0 radical (unpaired) electrons. The monoisotopic (exact) mass is 412 g/mol. The average molecular weight is 413 g/mol. The van der Waals surface area contributed by atoms with Gasteiger partial charge in [-0.25, -0.2) is 0 Å². The maximum absolute atomic E-state index is 12.6. The minimum absolute atomic E-state index is 0.0933. The number of thioether (sulfide) groups is 1. The molecule has 0 spiro atoms. The number of carbonyl (C=O) groups excluding carboxylic acids is 2. The first kappa shape index (κ1) is 20.1. The summed E-state index contributed by atoms with van der Waals surface area (Å²) in [6.45, 7) is 2.41. The molecule has 0 atom stereocenters. The first-order chi connectivity index (χ1) is 13.4. The molecule has 1 aliphatic rings. The van der Waals surface area contributed by atoms with Crippen LogP contribution in [0.1, 0.15) is 24.0 Å². The Morgan fingerprint density at radius 2 is 2.00 bits per heavy atom. The van der Waals surface area contributed by atoms with Crippen LogP contribution in [0.15, 0.2) is 53.4 Å². The second-order valence-electron chi connectivity index (χ2n) is 6.45. The Balaban J connectivity index is 1.53. The molecule has 1 heterocycles. The molecule has 0 bridgehead atoms. The van der Waals surface area contributed by atoms with Crippen molar-refractivity contribution in [2.75, 3.05) is 11.9 Å². The van der Waals surface area contributed by atoms with Crippen LogP contribution in [0, 0.1) is 6.92 Å². The molecule has 0 aliphatic carbocycles. The fraction of sp³-hybridized carbons (Fsp3) is 0.190. The van der Waals surface area contributed by atoms with E-state index in [1.165, 1.54) is 23.9 Å². The summed E-state index contributed by atoms with van der Waals surface area (Å²) in [5.41, 5.74) is 2.65. The Kier molecular flexibility index (Phi) is 6.49. The Hall–Kier alpha value is -2.64. The van der Waals surface area contributed by atoms with Crippen LogP contribution in [0.3, 0.4) is 0 Å². The summed E-state index contributed by atoms with van der Waals surface area (Å²) in [7, 11) is 0. The number of anilines is 1. The van der Waals surface area contributed by atoms with Crippen molar-refractivity contribution in [1.29, 1.82) is 0 Å². The number of rotatable bonds is 6. The summed E-state index contributed by atoms with van der Waals surface area (Å²) in [5.74, 6) is -0.203. The van der Waals surface area contributed by atoms with Crippen LogP contribution in [0.4, 0.5) is 5.69 Å². The highest BCUT2D eigenvalue weighted by Gasteiger charge is 2.31. The fourth-order valence-electron chi connectivity index (χ4n) is 2.71. The lowest BCUT2D eigenvalue weighted by molar-refractivity contribution is -0.122. The first-order valence-corrected chi connectivity index (χ1v) is 10.1. The lowest BCUT2D eigenvalue weighted by Crippen LogP contribution is -2.29. The van der Waals surface area contributed by atoms with E-state index in [2.05, 4.69) is 5.32 Å². The molecule has 2 N–H and O–H groups in total. The molecule has 5 nitrogen and oxygen atoms in total. The van der Waals surface area contributed by atoms with Gasteiger partial charge in [-0.2, -0.15) is 0 Å². The summed E-state index contributed by atoms with van der Waals surface area (Å²) in [5, 5.41) is 12.2. The van der Waals surface area contributed by atoms with E-state index in [1.807, 2.05) is 37.3 Å². The maximum Gasteiger partial charge on any atom is 0.266 e. The van der Waals surface area contributed by atoms with Gasteiger partial charge in [0, 0.05) is 24.7 Å². The molecule has 0 aromatic heterocycles. The molecule has 144 valence electrons. The number of nitrogens with zero attached hydrogens (tertiary/aromatic N) is 1. The number of phenols is 1. The molecule has 0 saturated carbocycles. The highest BCUT2D eigenvalue weighted by molar-refractivity contribution is 8.26. The van der Waals surface area contributed by atoms with Crippen LogP contribution in [-0.2, 0) is 9.59 Å². The van der Waals surface area contributed by atoms with Crippen molar-refractivity contribution in [2.24, 2.45) is 0 Å². The summed E-state index contributed by atoms with van der Waals surface area (Å²) < 4.78 is 0.511. The van der Waals surface area contributed by atoms with Gasteiger partial charge in [-0.1, -0.05) is 59.9 Å². The van der Waals surface area contributed by atoms with Gasteiger partial charge in [0.05, 0.1) is 4.91 Å². The SMILES string of the molecule is Cc1ccc(/C=C2\SC(=S)N(CCCC(=O)Nc3cccc(O)c3)C2=O)cc1. The molecule has 1 aliphatic heterocycles. The van der Waals surface area contributed by atoms with Crippen molar-refractivity contribution in [3.05, 3.63) is 64.6 Å². The highest BCUT2D eigenvalue weighted by atomic mass is 32.2. The van der Waals surface area contributed by atoms with E-state index < -0.39 is 0 Å². The topological polar surface area (TPSA) is 69.6 Å². The predicted molar refractivity (Wildman–Crippen MR) is 117 cm³/mol. The van der Waals surface area contributed by atoms with Gasteiger partial charge in [-0.05, 0) is 37.1 Å². The molecular weight excluding hydrogens is 392 g/mol. The molecular formula is C21H20N2O3S2. The van der Waals surface area contributed by atoms with Crippen LogP contribution in [-0.4, -0.2) is 32.7 Å². The van der Waals surface area contributed by atoms with Gasteiger partial charge in [0.15, 0.2) is 0 Å². The van der Waals surface area contributed by atoms with Crippen LogP contribution < -0.4 is 5.32 Å². The normalized spacial score (nSPS) is 15.3. The van der Waals surface area contributed by atoms with Gasteiger partial charge in [0.25, 0.3) is 5.91 Å². The molecule has 1 saturated heterocycles. The predicted octanol–water partition coefficient (Wildman–Crippen LogP) is 4.32. The van der Waals surface area contributed by atoms with Gasteiger partial charge >= 0.3 is 0 Å². The minimum Gasteiger partial charge on any atom is -0.508 e. The summed E-state index contributed by atoms with van der Waals surface area (Å²) in [6.07, 6.45) is 2.59. The maximum atomic E-state index is 12.6. The van der Waals surface area contributed by atoms with E-state index >= 15 is 0 Å². The number of aromatic hydroxyl groups is 1. The summed E-state index contributed by atoms with van der Waals surface area (Å²) in [4.78, 5) is 26.8. The third-order valence-electron chi connectivity index (χ3n) is 4.16. The molecule has 28 heavy (non-hydrogen) atoms. The number of phenolic OH excluding ortho intramolecular Hbond substituents is 1. The zero-order valence-corrected chi connectivity index (χ0v) is 17.0. The number of benzene rings is 2. The van der Waals surface area contributed by atoms with E-state index in [4.69, 9.17) is 12.2 Å². The van der Waals surface area contributed by atoms with Crippen LogP contribution >= 0.6 is 24.0 Å². The van der Waals surface area contributed by atoms with Crippen molar-refractivity contribution in [3.8, 4) is 5.75 Å². The smallest absolute Gasteiger partial charge is 0.266 e. The van der Waals surface area contributed by atoms with Crippen LogP contribution in [0.5, 0.6) is 5.75 Å². The number of thiocarbonyl (C=S) groups is 1. The molecule has 2 aromatic carbocycles. The van der Waals surface area contributed by atoms with Gasteiger partial charge in [-0.3, -0.25) is 14.5 Å². The zero-order valence-electron chi connectivity index (χ0n) is 15.3. The number of aryl methyl sites for hydroxylation is 1.